The maximum absolute atomic E-state index is 13.7. The minimum atomic E-state index is -1.53. The Labute approximate surface area is 340 Å². The van der Waals surface area contributed by atoms with Crippen molar-refractivity contribution in [1.82, 2.24) is 19.6 Å². The molecule has 0 radical (unpaired) electrons. The molecule has 1 saturated carbocycles. The Bertz CT molecular complexity index is 1430. The van der Waals surface area contributed by atoms with Crippen LogP contribution in [0.5, 0.6) is 0 Å². The molecule has 5 atom stereocenters. The molecule has 5 aliphatic rings. The highest BCUT2D eigenvalue weighted by molar-refractivity contribution is 5.72. The lowest BCUT2D eigenvalue weighted by molar-refractivity contribution is -0.151. The highest BCUT2D eigenvalue weighted by atomic mass is 16.6. The molecule has 320 valence electrons. The van der Waals surface area contributed by atoms with E-state index in [9.17, 15) is 24.3 Å². The van der Waals surface area contributed by atoms with Crippen molar-refractivity contribution in [3.05, 3.63) is 36.0 Å². The Morgan fingerprint density at radius 3 is 2.04 bits per heavy atom. The van der Waals surface area contributed by atoms with E-state index >= 15 is 0 Å². The largest absolute Gasteiger partial charge is 0.457 e. The van der Waals surface area contributed by atoms with Crippen molar-refractivity contribution in [3.63, 3.8) is 0 Å². The molecule has 13 heteroatoms. The van der Waals surface area contributed by atoms with E-state index < -0.39 is 47.5 Å². The van der Waals surface area contributed by atoms with E-state index in [2.05, 4.69) is 4.90 Å². The molecule has 4 aliphatic heterocycles. The van der Waals surface area contributed by atoms with Gasteiger partial charge in [0.25, 0.3) is 0 Å². The fourth-order valence-electron chi connectivity index (χ4n) is 8.57. The normalized spacial score (nSPS) is 30.0. The summed E-state index contributed by atoms with van der Waals surface area (Å²) < 4.78 is 23.8. The van der Waals surface area contributed by atoms with Crippen LogP contribution in [-0.4, -0.2) is 138 Å². The number of hydrogen-bond acceptors (Lipinski definition) is 10. The summed E-state index contributed by atoms with van der Waals surface area (Å²) in [7, 11) is 0. The third-order valence-corrected chi connectivity index (χ3v) is 12.4. The number of carbonyl (C=O) groups is 4. The smallest absolute Gasteiger partial charge is 0.410 e. The van der Waals surface area contributed by atoms with Crippen LogP contribution < -0.4 is 0 Å². The van der Waals surface area contributed by atoms with Crippen LogP contribution in [0.4, 0.5) is 14.4 Å². The second-order valence-corrected chi connectivity index (χ2v) is 17.9. The Balaban J connectivity index is 1.30. The van der Waals surface area contributed by atoms with Gasteiger partial charge in [-0.25, -0.2) is 14.4 Å². The Hall–Kier alpha value is -3.58. The number of carbonyl (C=O) groups excluding carboxylic acids is 4. The number of amides is 3. The highest BCUT2D eigenvalue weighted by Crippen LogP contribution is 2.30. The second kappa shape index (κ2) is 20.9. The molecule has 0 spiro atoms. The molecule has 13 nitrogen and oxygen atoms in total. The number of ether oxygens (including phenoxy) is 4. The first-order valence-electron chi connectivity index (χ1n) is 21.7. The maximum atomic E-state index is 13.7. The minimum absolute atomic E-state index is 0.112. The van der Waals surface area contributed by atoms with Crippen molar-refractivity contribution in [2.75, 3.05) is 59.0 Å². The summed E-state index contributed by atoms with van der Waals surface area (Å²) in [4.78, 5) is 60.5. The lowest BCUT2D eigenvalue weighted by atomic mass is 9.88. The van der Waals surface area contributed by atoms with E-state index in [1.165, 1.54) is 38.5 Å². The average Bonchev–Trinajstić information content (AvgIpc) is 3.87. The summed E-state index contributed by atoms with van der Waals surface area (Å²) in [5, 5.41) is 12.0. The molecule has 3 saturated heterocycles. The van der Waals surface area contributed by atoms with Gasteiger partial charge in [0.1, 0.15) is 24.4 Å². The summed E-state index contributed by atoms with van der Waals surface area (Å²) >= 11 is 0. The predicted molar refractivity (Wildman–Crippen MR) is 217 cm³/mol. The number of allylic oxidation sites excluding steroid dienone is 2. The number of nitrogens with zero attached hydrogens (tertiary/aromatic N) is 4. The van der Waals surface area contributed by atoms with Gasteiger partial charge in [-0.05, 0) is 76.9 Å². The van der Waals surface area contributed by atoms with E-state index in [0.29, 0.717) is 32.2 Å². The molecule has 0 unspecified atom stereocenters. The molecule has 1 aliphatic carbocycles. The van der Waals surface area contributed by atoms with Gasteiger partial charge in [0.15, 0.2) is 6.10 Å². The van der Waals surface area contributed by atoms with Crippen molar-refractivity contribution in [1.29, 1.82) is 0 Å². The number of esters is 1. The maximum Gasteiger partial charge on any atom is 0.410 e. The van der Waals surface area contributed by atoms with E-state index in [-0.39, 0.29) is 37.9 Å². The molecule has 0 bridgehead atoms. The zero-order valence-corrected chi connectivity index (χ0v) is 35.3. The van der Waals surface area contributed by atoms with Crippen molar-refractivity contribution in [2.45, 2.75) is 148 Å². The molecular formula is C44H70N4O9. The number of likely N-dealkylation sites (tertiary alicyclic amines) is 2. The summed E-state index contributed by atoms with van der Waals surface area (Å²) in [6, 6.07) is 0.570. The zero-order chi connectivity index (χ0) is 41.0. The number of hydrogen-bond donors (Lipinski definition) is 1. The molecular weight excluding hydrogens is 729 g/mol. The van der Waals surface area contributed by atoms with Gasteiger partial charge in [-0.3, -0.25) is 9.69 Å². The third kappa shape index (κ3) is 13.5. The average molecular weight is 799 g/mol. The van der Waals surface area contributed by atoms with Crippen LogP contribution in [0, 0.1) is 11.3 Å². The molecule has 1 N–H and O–H groups in total. The van der Waals surface area contributed by atoms with Gasteiger partial charge in [0.2, 0.25) is 0 Å². The first kappa shape index (κ1) is 44.5. The first-order chi connectivity index (χ1) is 27.2. The Morgan fingerprint density at radius 2 is 1.40 bits per heavy atom. The van der Waals surface area contributed by atoms with Crippen LogP contribution in [0.15, 0.2) is 36.0 Å². The van der Waals surface area contributed by atoms with Gasteiger partial charge >= 0.3 is 24.2 Å². The van der Waals surface area contributed by atoms with E-state index in [1.54, 1.807) is 27.7 Å². The van der Waals surface area contributed by atoms with E-state index in [0.717, 1.165) is 57.4 Å². The fourth-order valence-corrected chi connectivity index (χ4v) is 8.57. The first-order valence-corrected chi connectivity index (χ1v) is 21.7. The van der Waals surface area contributed by atoms with Crippen LogP contribution in [0.1, 0.15) is 118 Å². The Kier molecular flexibility index (Phi) is 16.3. The SMILES string of the molecule is C/C(=C\C=C\C(C)(C)COC(=O)N1CCCC1)[C@H]1OC(=O)C[C@@H](OC(=O)N2CCCC2)CC[C@@](C)(O)[C@H](OC(=O)N2CCN(C3CCCCCC3)CC2)/C=C/[C@@H]1C. The summed E-state index contributed by atoms with van der Waals surface area (Å²) in [6.45, 7) is 15.0. The number of cyclic esters (lactones) is 1. The number of piperazine rings is 1. The van der Waals surface area contributed by atoms with E-state index in [4.69, 9.17) is 18.9 Å². The summed E-state index contributed by atoms with van der Waals surface area (Å²) in [5.41, 5.74) is -1.21. The summed E-state index contributed by atoms with van der Waals surface area (Å²) in [5.74, 6) is -0.894. The molecule has 0 aromatic rings. The lowest BCUT2D eigenvalue weighted by Crippen LogP contribution is -2.53. The topological polar surface area (TPSA) is 138 Å². The monoisotopic (exact) mass is 799 g/mol. The number of aliphatic hydroxyl groups is 1. The van der Waals surface area contributed by atoms with Crippen molar-refractivity contribution >= 4 is 24.2 Å². The van der Waals surface area contributed by atoms with E-state index in [1.807, 2.05) is 52.0 Å². The molecule has 5 rings (SSSR count). The third-order valence-electron chi connectivity index (χ3n) is 12.4. The number of rotatable bonds is 8. The van der Waals surface area contributed by atoms with Crippen LogP contribution in [-0.2, 0) is 23.7 Å². The molecule has 3 amide bonds. The minimum Gasteiger partial charge on any atom is -0.457 e. The van der Waals surface area contributed by atoms with Gasteiger partial charge in [0.05, 0.1) is 6.42 Å². The van der Waals surface area contributed by atoms with Crippen LogP contribution >= 0.6 is 0 Å². The predicted octanol–water partition coefficient (Wildman–Crippen LogP) is 7.23. The van der Waals surface area contributed by atoms with Crippen LogP contribution in [0.25, 0.3) is 0 Å². The Morgan fingerprint density at radius 1 is 0.825 bits per heavy atom. The van der Waals surface area contributed by atoms with Crippen LogP contribution in [0.3, 0.4) is 0 Å². The van der Waals surface area contributed by atoms with Gasteiger partial charge in [0, 0.05) is 69.7 Å². The lowest BCUT2D eigenvalue weighted by Gasteiger charge is -2.40. The molecule has 4 heterocycles. The molecule has 4 fully saturated rings. The van der Waals surface area contributed by atoms with Gasteiger partial charge in [-0.2, -0.15) is 0 Å². The molecule has 57 heavy (non-hydrogen) atoms. The molecule has 0 aromatic heterocycles. The second-order valence-electron chi connectivity index (χ2n) is 17.9. The van der Waals surface area contributed by atoms with Crippen molar-refractivity contribution in [2.24, 2.45) is 11.3 Å². The van der Waals surface area contributed by atoms with Gasteiger partial charge < -0.3 is 38.8 Å². The molecule has 0 aromatic carbocycles. The highest BCUT2D eigenvalue weighted by Gasteiger charge is 2.38. The quantitative estimate of drug-likeness (QED) is 0.0880. The van der Waals surface area contributed by atoms with Crippen molar-refractivity contribution < 1.29 is 43.2 Å². The zero-order valence-electron chi connectivity index (χ0n) is 35.3. The fraction of sp³-hybridized carbons (Fsp3) is 0.773. The van der Waals surface area contributed by atoms with Gasteiger partial charge in [-0.15, -0.1) is 0 Å². The summed E-state index contributed by atoms with van der Waals surface area (Å²) in [6.07, 6.45) is 16.9. The van der Waals surface area contributed by atoms with Crippen LogP contribution in [0.2, 0.25) is 0 Å². The van der Waals surface area contributed by atoms with Gasteiger partial charge in [-0.1, -0.05) is 70.8 Å². The standard InChI is InChI=1S/C44H70N4O9/c1-33(15-14-21-43(3,4)32-54-40(50)46-23-10-11-24-46)39-34(2)18-19-37(56-42(52)48-29-27-45(28-30-48)35-16-8-6-7-9-17-35)44(5,53)22-20-36(31-38(49)57-39)55-41(51)47-25-12-13-26-47/h14-15,18-19,21,34-37,39,53H,6-13,16-17,20,22-32H2,1-5H3/b19-18+,21-14+,33-15+/t34-,36-,37+,39+,44+/m0/s1. The van der Waals surface area contributed by atoms with Crippen molar-refractivity contribution in [3.8, 4) is 0 Å².